The summed E-state index contributed by atoms with van der Waals surface area (Å²) in [7, 11) is 1.67. The fourth-order valence-electron chi connectivity index (χ4n) is 3.54. The van der Waals surface area contributed by atoms with Crippen LogP contribution in [-0.2, 0) is 13.3 Å². The first kappa shape index (κ1) is 21.8. The zero-order chi connectivity index (χ0) is 20.5. The van der Waals surface area contributed by atoms with Gasteiger partial charge in [-0.25, -0.2) is 0 Å². The third kappa shape index (κ3) is 5.38. The van der Waals surface area contributed by atoms with Crippen molar-refractivity contribution in [3.05, 3.63) is 90.8 Å². The van der Waals surface area contributed by atoms with Crippen LogP contribution in [0.4, 0.5) is 0 Å². The van der Waals surface area contributed by atoms with Gasteiger partial charge >= 0.3 is 8.80 Å². The molecule has 0 saturated carbocycles. The van der Waals surface area contributed by atoms with Crippen LogP contribution >= 0.6 is 7.92 Å². The van der Waals surface area contributed by atoms with E-state index in [4.69, 9.17) is 18.3 Å². The first-order valence-electron chi connectivity index (χ1n) is 9.68. The average Bonchev–Trinajstić information content (AvgIpc) is 2.81. The fraction of sp³-hybridized carbons (Fsp3) is 0.261. The normalized spacial score (nSPS) is 12.8. The maximum atomic E-state index is 5.69. The van der Waals surface area contributed by atoms with Gasteiger partial charge in [0, 0.05) is 44.9 Å². The van der Waals surface area contributed by atoms with Crippen LogP contribution in [0.15, 0.2) is 85.1 Å². The van der Waals surface area contributed by atoms with Crippen molar-refractivity contribution in [3.63, 3.8) is 0 Å². The Bertz CT molecular complexity index is 800. The molecule has 1 heterocycles. The summed E-state index contributed by atoms with van der Waals surface area (Å²) in [6, 6.07) is 28.4. The fourth-order valence-corrected chi connectivity index (χ4v) is 8.34. The van der Waals surface area contributed by atoms with Gasteiger partial charge in [-0.15, -0.1) is 0 Å². The molecule has 1 aromatic heterocycles. The molecule has 0 spiro atoms. The van der Waals surface area contributed by atoms with Crippen molar-refractivity contribution in [1.82, 2.24) is 4.98 Å². The van der Waals surface area contributed by atoms with Crippen molar-refractivity contribution in [2.75, 3.05) is 21.3 Å². The predicted molar refractivity (Wildman–Crippen MR) is 122 cm³/mol. The van der Waals surface area contributed by atoms with Crippen molar-refractivity contribution < 1.29 is 13.3 Å². The summed E-state index contributed by atoms with van der Waals surface area (Å²) in [5, 5.41) is 2.67. The van der Waals surface area contributed by atoms with E-state index in [0.29, 0.717) is 0 Å². The van der Waals surface area contributed by atoms with Crippen LogP contribution in [0.2, 0.25) is 6.04 Å². The SMILES string of the molecule is CO[Si](CCC(c1ccccn1)P(c1ccccc1)c1ccccc1)(OC)OC. The maximum absolute atomic E-state index is 5.69. The molecule has 0 bridgehead atoms. The summed E-state index contributed by atoms with van der Waals surface area (Å²) in [6.07, 6.45) is 2.74. The highest BCUT2D eigenvalue weighted by Gasteiger charge is 2.40. The molecule has 4 nitrogen and oxygen atoms in total. The molecule has 0 aliphatic carbocycles. The number of pyridine rings is 1. The Morgan fingerprint density at radius 2 is 1.28 bits per heavy atom. The Balaban J connectivity index is 2.04. The second kappa shape index (κ2) is 10.8. The van der Waals surface area contributed by atoms with Gasteiger partial charge in [0.15, 0.2) is 0 Å². The quantitative estimate of drug-likeness (QED) is 0.354. The summed E-state index contributed by atoms with van der Waals surface area (Å²) in [6.45, 7) is 0. The Labute approximate surface area is 176 Å². The lowest BCUT2D eigenvalue weighted by Gasteiger charge is -2.31. The maximum Gasteiger partial charge on any atom is 0.500 e. The van der Waals surface area contributed by atoms with E-state index in [0.717, 1.165) is 18.2 Å². The Hall–Kier alpha value is -1.88. The van der Waals surface area contributed by atoms with Gasteiger partial charge in [-0.1, -0.05) is 66.7 Å². The second-order valence-corrected chi connectivity index (χ2v) is 12.1. The van der Waals surface area contributed by atoms with E-state index >= 15 is 0 Å². The molecule has 3 aromatic rings. The monoisotopic (exact) mass is 425 g/mol. The predicted octanol–water partition coefficient (Wildman–Crippen LogP) is 4.52. The molecule has 152 valence electrons. The molecule has 0 fully saturated rings. The summed E-state index contributed by atoms with van der Waals surface area (Å²) < 4.78 is 17.1. The highest BCUT2D eigenvalue weighted by atomic mass is 31.1. The van der Waals surface area contributed by atoms with Gasteiger partial charge in [-0.05, 0) is 37.1 Å². The van der Waals surface area contributed by atoms with Crippen molar-refractivity contribution in [2.24, 2.45) is 0 Å². The van der Waals surface area contributed by atoms with Crippen LogP contribution in [0.25, 0.3) is 0 Å². The number of nitrogens with zero attached hydrogens (tertiary/aromatic N) is 1. The smallest absolute Gasteiger partial charge is 0.377 e. The van der Waals surface area contributed by atoms with Gasteiger partial charge in [0.1, 0.15) is 0 Å². The van der Waals surface area contributed by atoms with Crippen molar-refractivity contribution in [1.29, 1.82) is 0 Å². The summed E-state index contributed by atoms with van der Waals surface area (Å²) in [4.78, 5) is 4.74. The molecule has 0 saturated heterocycles. The van der Waals surface area contributed by atoms with Crippen molar-refractivity contribution in [3.8, 4) is 0 Å². The Morgan fingerprint density at radius 3 is 1.72 bits per heavy atom. The molecular weight excluding hydrogens is 397 g/mol. The molecule has 2 aromatic carbocycles. The topological polar surface area (TPSA) is 40.6 Å². The summed E-state index contributed by atoms with van der Waals surface area (Å²) in [5.41, 5.74) is 1.32. The van der Waals surface area contributed by atoms with Gasteiger partial charge in [0.25, 0.3) is 0 Å². The van der Waals surface area contributed by atoms with E-state index in [-0.39, 0.29) is 5.66 Å². The molecule has 0 aliphatic heterocycles. The number of hydrogen-bond acceptors (Lipinski definition) is 4. The van der Waals surface area contributed by atoms with E-state index in [1.807, 2.05) is 12.3 Å². The second-order valence-electron chi connectivity index (χ2n) is 6.65. The minimum absolute atomic E-state index is 0.225. The van der Waals surface area contributed by atoms with Gasteiger partial charge in [0.05, 0.1) is 0 Å². The number of benzene rings is 2. The minimum Gasteiger partial charge on any atom is -0.377 e. The lowest BCUT2D eigenvalue weighted by molar-refractivity contribution is 0.123. The summed E-state index contributed by atoms with van der Waals surface area (Å²) >= 11 is 0. The van der Waals surface area contributed by atoms with E-state index in [2.05, 4.69) is 72.8 Å². The number of rotatable bonds is 10. The molecule has 0 amide bonds. The molecule has 1 unspecified atom stereocenters. The Kier molecular flexibility index (Phi) is 8.10. The highest BCUT2D eigenvalue weighted by Crippen LogP contribution is 2.52. The first-order valence-corrected chi connectivity index (χ1v) is 13.0. The van der Waals surface area contributed by atoms with Gasteiger partial charge in [-0.2, -0.15) is 0 Å². The molecule has 0 N–H and O–H groups in total. The lowest BCUT2D eigenvalue weighted by Crippen LogP contribution is -2.43. The number of aromatic nitrogens is 1. The zero-order valence-electron chi connectivity index (χ0n) is 17.2. The van der Waals surface area contributed by atoms with Gasteiger partial charge < -0.3 is 13.3 Å². The Morgan fingerprint density at radius 1 is 0.759 bits per heavy atom. The lowest BCUT2D eigenvalue weighted by atomic mass is 10.2. The molecule has 3 rings (SSSR count). The largest absolute Gasteiger partial charge is 0.500 e. The van der Waals surface area contributed by atoms with Crippen LogP contribution in [0.1, 0.15) is 17.8 Å². The molecular formula is C23H28NO3PSi. The molecule has 0 aliphatic rings. The third-order valence-corrected chi connectivity index (χ3v) is 10.7. The van der Waals surface area contributed by atoms with Crippen LogP contribution in [-0.4, -0.2) is 35.1 Å². The van der Waals surface area contributed by atoms with Crippen molar-refractivity contribution >= 4 is 27.3 Å². The van der Waals surface area contributed by atoms with Crippen molar-refractivity contribution in [2.45, 2.75) is 18.1 Å². The molecule has 29 heavy (non-hydrogen) atoms. The van der Waals surface area contributed by atoms with Gasteiger partial charge in [0.2, 0.25) is 0 Å². The molecule has 1 atom stereocenters. The van der Waals surface area contributed by atoms with E-state index in [1.54, 1.807) is 21.3 Å². The standard InChI is InChI=1S/C23H28NO3PSi/c1-25-29(26-2,27-3)19-17-23(22-16-10-11-18-24-22)28(20-12-6-4-7-13-20)21-14-8-5-9-15-21/h4-16,18,23H,17,19H2,1-3H3. The van der Waals surface area contributed by atoms with E-state index in [1.165, 1.54) is 10.6 Å². The zero-order valence-corrected chi connectivity index (χ0v) is 19.1. The highest BCUT2D eigenvalue weighted by molar-refractivity contribution is 7.73. The average molecular weight is 426 g/mol. The minimum atomic E-state index is -2.68. The van der Waals surface area contributed by atoms with Crippen LogP contribution in [0, 0.1) is 0 Å². The van der Waals surface area contributed by atoms with Crippen LogP contribution in [0.3, 0.4) is 0 Å². The van der Waals surface area contributed by atoms with E-state index < -0.39 is 16.7 Å². The van der Waals surface area contributed by atoms with E-state index in [9.17, 15) is 0 Å². The number of hydrogen-bond donors (Lipinski definition) is 0. The molecule has 0 radical (unpaired) electrons. The van der Waals surface area contributed by atoms with Crippen LogP contribution in [0.5, 0.6) is 0 Å². The molecule has 6 heteroatoms. The van der Waals surface area contributed by atoms with Crippen LogP contribution < -0.4 is 10.6 Å². The van der Waals surface area contributed by atoms with Gasteiger partial charge in [-0.3, -0.25) is 4.98 Å². The summed E-state index contributed by atoms with van der Waals surface area (Å²) in [5.74, 6) is 0. The third-order valence-electron chi connectivity index (χ3n) is 5.07. The first-order chi connectivity index (χ1) is 14.2.